The molecule has 1 aliphatic carbocycles. The van der Waals surface area contributed by atoms with Crippen LogP contribution >= 0.6 is 0 Å². The molecule has 2 atom stereocenters. The zero-order valence-electron chi connectivity index (χ0n) is 12.5. The molecule has 2 fully saturated rings. The summed E-state index contributed by atoms with van der Waals surface area (Å²) in [6.07, 6.45) is 5.24. The average molecular weight is 277 g/mol. The molecule has 2 amide bonds. The van der Waals surface area contributed by atoms with Crippen molar-refractivity contribution in [2.45, 2.75) is 46.0 Å². The SMILES string of the molecule is C[C@@H]1C/C(=C\CC2CC(=O)N(C)C(=O)C2)C(=O)[C@H](C)C1. The smallest absolute Gasteiger partial charge is 0.229 e. The number of hydrogen-bond acceptors (Lipinski definition) is 3. The van der Waals surface area contributed by atoms with Crippen LogP contribution in [0.1, 0.15) is 46.0 Å². The second kappa shape index (κ2) is 5.90. The molecular formula is C16H23NO3. The topological polar surface area (TPSA) is 54.5 Å². The number of carbonyl (C=O) groups is 3. The van der Waals surface area contributed by atoms with Crippen LogP contribution in [0.15, 0.2) is 11.6 Å². The lowest BCUT2D eigenvalue weighted by Gasteiger charge is -2.28. The van der Waals surface area contributed by atoms with E-state index in [0.717, 1.165) is 18.4 Å². The van der Waals surface area contributed by atoms with E-state index >= 15 is 0 Å². The summed E-state index contributed by atoms with van der Waals surface area (Å²) < 4.78 is 0. The predicted octanol–water partition coefficient (Wildman–Crippen LogP) is 2.33. The third-order valence-corrected chi connectivity index (χ3v) is 4.46. The zero-order valence-corrected chi connectivity index (χ0v) is 12.5. The van der Waals surface area contributed by atoms with Gasteiger partial charge < -0.3 is 0 Å². The Bertz CT molecular complexity index is 448. The second-order valence-electron chi connectivity index (χ2n) is 6.40. The summed E-state index contributed by atoms with van der Waals surface area (Å²) in [5.74, 6) is 0.718. The Hall–Kier alpha value is -1.45. The van der Waals surface area contributed by atoms with Crippen LogP contribution in [-0.2, 0) is 14.4 Å². The Morgan fingerprint density at radius 3 is 2.30 bits per heavy atom. The van der Waals surface area contributed by atoms with E-state index in [0.29, 0.717) is 25.2 Å². The fourth-order valence-electron chi connectivity index (χ4n) is 3.22. The molecule has 20 heavy (non-hydrogen) atoms. The summed E-state index contributed by atoms with van der Waals surface area (Å²) in [6.45, 7) is 4.15. The molecule has 0 bridgehead atoms. The molecule has 0 unspecified atom stereocenters. The predicted molar refractivity (Wildman–Crippen MR) is 75.8 cm³/mol. The van der Waals surface area contributed by atoms with Crippen LogP contribution in [0.2, 0.25) is 0 Å². The van der Waals surface area contributed by atoms with Gasteiger partial charge in [0, 0.05) is 25.8 Å². The average Bonchev–Trinajstić information content (AvgIpc) is 2.38. The fraction of sp³-hybridized carbons (Fsp3) is 0.688. The lowest BCUT2D eigenvalue weighted by atomic mass is 9.78. The van der Waals surface area contributed by atoms with Gasteiger partial charge in [-0.2, -0.15) is 0 Å². The van der Waals surface area contributed by atoms with Crippen molar-refractivity contribution in [2.75, 3.05) is 7.05 Å². The van der Waals surface area contributed by atoms with E-state index in [9.17, 15) is 14.4 Å². The van der Waals surface area contributed by atoms with Crippen molar-refractivity contribution >= 4 is 17.6 Å². The number of likely N-dealkylation sites (tertiary alicyclic amines) is 1. The van der Waals surface area contributed by atoms with E-state index in [2.05, 4.69) is 6.92 Å². The summed E-state index contributed by atoms with van der Waals surface area (Å²) >= 11 is 0. The van der Waals surface area contributed by atoms with Crippen LogP contribution in [0.4, 0.5) is 0 Å². The molecule has 0 spiro atoms. The van der Waals surface area contributed by atoms with Gasteiger partial charge in [-0.15, -0.1) is 0 Å². The maximum atomic E-state index is 12.1. The highest BCUT2D eigenvalue weighted by molar-refractivity contribution is 5.98. The summed E-state index contributed by atoms with van der Waals surface area (Å²) in [5, 5.41) is 0. The van der Waals surface area contributed by atoms with Gasteiger partial charge in [-0.25, -0.2) is 0 Å². The van der Waals surface area contributed by atoms with Crippen molar-refractivity contribution in [3.8, 4) is 0 Å². The van der Waals surface area contributed by atoms with Gasteiger partial charge in [0.05, 0.1) is 0 Å². The van der Waals surface area contributed by atoms with Gasteiger partial charge in [0.25, 0.3) is 0 Å². The van der Waals surface area contributed by atoms with E-state index < -0.39 is 0 Å². The van der Waals surface area contributed by atoms with Crippen molar-refractivity contribution in [3.63, 3.8) is 0 Å². The summed E-state index contributed by atoms with van der Waals surface area (Å²) in [4.78, 5) is 36.6. The van der Waals surface area contributed by atoms with E-state index in [1.54, 1.807) is 0 Å². The van der Waals surface area contributed by atoms with E-state index in [-0.39, 0.29) is 29.4 Å². The highest BCUT2D eigenvalue weighted by Crippen LogP contribution is 2.31. The van der Waals surface area contributed by atoms with Gasteiger partial charge in [-0.3, -0.25) is 19.3 Å². The molecule has 4 nitrogen and oxygen atoms in total. The fourth-order valence-corrected chi connectivity index (χ4v) is 3.22. The minimum Gasteiger partial charge on any atom is -0.294 e. The molecule has 0 aromatic carbocycles. The lowest BCUT2D eigenvalue weighted by molar-refractivity contribution is -0.148. The summed E-state index contributed by atoms with van der Waals surface area (Å²) in [6, 6.07) is 0. The highest BCUT2D eigenvalue weighted by atomic mass is 16.2. The van der Waals surface area contributed by atoms with Crippen LogP contribution in [-0.4, -0.2) is 29.5 Å². The van der Waals surface area contributed by atoms with Crippen molar-refractivity contribution in [2.24, 2.45) is 17.8 Å². The van der Waals surface area contributed by atoms with Gasteiger partial charge in [0.1, 0.15) is 0 Å². The number of amides is 2. The molecule has 1 saturated heterocycles. The Morgan fingerprint density at radius 2 is 1.70 bits per heavy atom. The van der Waals surface area contributed by atoms with Gasteiger partial charge in [0.2, 0.25) is 11.8 Å². The van der Waals surface area contributed by atoms with Crippen molar-refractivity contribution in [1.82, 2.24) is 4.90 Å². The van der Waals surface area contributed by atoms with Gasteiger partial charge >= 0.3 is 0 Å². The van der Waals surface area contributed by atoms with Crippen molar-refractivity contribution in [1.29, 1.82) is 0 Å². The standard InChI is InChI=1S/C16H23NO3/c1-10-6-11(2)16(20)13(7-10)5-4-12-8-14(18)17(3)15(19)9-12/h5,10-12H,4,6-9H2,1-3H3/b13-5+/t10-,11+/m0/s1. The third kappa shape index (κ3) is 3.17. The molecule has 1 saturated carbocycles. The molecule has 0 N–H and O–H groups in total. The van der Waals surface area contributed by atoms with Crippen LogP contribution < -0.4 is 0 Å². The number of nitrogens with zero attached hydrogens (tertiary/aromatic N) is 1. The maximum Gasteiger partial charge on any atom is 0.229 e. The third-order valence-electron chi connectivity index (χ3n) is 4.46. The summed E-state index contributed by atoms with van der Waals surface area (Å²) in [7, 11) is 1.54. The maximum absolute atomic E-state index is 12.1. The van der Waals surface area contributed by atoms with Gasteiger partial charge in [-0.05, 0) is 36.7 Å². The number of carbonyl (C=O) groups excluding carboxylic acids is 3. The first kappa shape index (κ1) is 14.9. The molecule has 2 rings (SSSR count). The largest absolute Gasteiger partial charge is 0.294 e. The first-order chi connectivity index (χ1) is 9.38. The molecule has 1 aliphatic heterocycles. The number of rotatable bonds is 2. The van der Waals surface area contributed by atoms with Crippen LogP contribution in [0.3, 0.4) is 0 Å². The second-order valence-corrected chi connectivity index (χ2v) is 6.40. The van der Waals surface area contributed by atoms with Crippen molar-refractivity contribution < 1.29 is 14.4 Å². The Balaban J connectivity index is 2.00. The molecule has 0 radical (unpaired) electrons. The number of allylic oxidation sites excluding steroid dienone is 2. The van der Waals surface area contributed by atoms with E-state index in [1.165, 1.54) is 11.9 Å². The molecule has 4 heteroatoms. The van der Waals surface area contributed by atoms with E-state index in [1.807, 2.05) is 13.0 Å². The summed E-state index contributed by atoms with van der Waals surface area (Å²) in [5.41, 5.74) is 0.898. The highest BCUT2D eigenvalue weighted by Gasteiger charge is 2.30. The van der Waals surface area contributed by atoms with Crippen LogP contribution in [0.5, 0.6) is 0 Å². The molecular weight excluding hydrogens is 254 g/mol. The number of imide groups is 1. The molecule has 110 valence electrons. The quantitative estimate of drug-likeness (QED) is 0.575. The Kier molecular flexibility index (Phi) is 4.41. The first-order valence-electron chi connectivity index (χ1n) is 7.41. The lowest BCUT2D eigenvalue weighted by Crippen LogP contribution is -2.40. The molecule has 0 aromatic rings. The number of ketones is 1. The number of hydrogen-bond donors (Lipinski definition) is 0. The minimum atomic E-state index is -0.110. The Morgan fingerprint density at radius 1 is 1.10 bits per heavy atom. The minimum absolute atomic E-state index is 0.0547. The molecule has 2 aliphatic rings. The molecule has 1 heterocycles. The van der Waals surface area contributed by atoms with Crippen molar-refractivity contribution in [3.05, 3.63) is 11.6 Å². The van der Waals surface area contributed by atoms with E-state index in [4.69, 9.17) is 0 Å². The monoisotopic (exact) mass is 277 g/mol. The number of piperidine rings is 1. The van der Waals surface area contributed by atoms with Crippen LogP contribution in [0.25, 0.3) is 0 Å². The normalized spacial score (nSPS) is 31.2. The zero-order chi connectivity index (χ0) is 14.9. The van der Waals surface area contributed by atoms with Crippen LogP contribution in [0, 0.1) is 17.8 Å². The van der Waals surface area contributed by atoms with Gasteiger partial charge in [-0.1, -0.05) is 19.9 Å². The Labute approximate surface area is 120 Å². The first-order valence-corrected chi connectivity index (χ1v) is 7.41. The number of Topliss-reactive ketones (excluding diaryl/α,β-unsaturated/α-hetero) is 1. The molecule has 0 aromatic heterocycles. The van der Waals surface area contributed by atoms with Gasteiger partial charge in [0.15, 0.2) is 5.78 Å².